The fourth-order valence-electron chi connectivity index (χ4n) is 3.28. The van der Waals surface area contributed by atoms with Crippen LogP contribution in [0.25, 0.3) is 5.70 Å². The molecule has 2 atom stereocenters. The fraction of sp³-hybridized carbons (Fsp3) is 0.200. The zero-order valence-electron chi connectivity index (χ0n) is 15.6. The van der Waals surface area contributed by atoms with Gasteiger partial charge in [-0.3, -0.25) is 4.79 Å². The summed E-state index contributed by atoms with van der Waals surface area (Å²) in [5.74, 6) is 1.04. The zero-order valence-corrected chi connectivity index (χ0v) is 17.2. The highest BCUT2D eigenvalue weighted by Gasteiger charge is 2.35. The lowest BCUT2D eigenvalue weighted by Gasteiger charge is -2.30. The van der Waals surface area contributed by atoms with Crippen LogP contribution in [0.5, 0.6) is 11.5 Å². The summed E-state index contributed by atoms with van der Waals surface area (Å²) in [6, 6.07) is 9.28. The number of rotatable bonds is 4. The van der Waals surface area contributed by atoms with Crippen LogP contribution in [0.15, 0.2) is 52.7 Å². The summed E-state index contributed by atoms with van der Waals surface area (Å²) in [5.41, 5.74) is 2.53. The molecule has 2 aromatic rings. The average molecular weight is 429 g/mol. The maximum absolute atomic E-state index is 13.0. The fourth-order valence-corrected chi connectivity index (χ4v) is 3.70. The molecule has 2 aliphatic heterocycles. The van der Waals surface area contributed by atoms with E-state index in [9.17, 15) is 4.79 Å². The minimum atomic E-state index is -0.754. The third-order valence-electron chi connectivity index (χ3n) is 4.71. The van der Waals surface area contributed by atoms with Gasteiger partial charge in [0.2, 0.25) is 0 Å². The zero-order chi connectivity index (χ0) is 20.5. The summed E-state index contributed by atoms with van der Waals surface area (Å²) in [6.45, 7) is 0. The van der Waals surface area contributed by atoms with Gasteiger partial charge in [-0.05, 0) is 54.7 Å². The van der Waals surface area contributed by atoms with Crippen LogP contribution in [-0.4, -0.2) is 37.2 Å². The molecule has 0 radical (unpaired) electrons. The molecule has 148 valence electrons. The van der Waals surface area contributed by atoms with Gasteiger partial charge in [-0.2, -0.15) is 10.2 Å². The Hall–Kier alpha value is -2.97. The molecular formula is C20H17ClN4O3S. The number of nitrogens with zero attached hydrogens (tertiary/aromatic N) is 2. The topological polar surface area (TPSA) is 84.3 Å². The Balaban J connectivity index is 1.69. The van der Waals surface area contributed by atoms with Crippen molar-refractivity contribution in [3.05, 3.63) is 58.6 Å². The SMILES string of the molecule is COc1ccc(C2=CC(C3N=Nc4ccc(Cl)cc4C3=O)NC(=S)N2)cc1OC. The summed E-state index contributed by atoms with van der Waals surface area (Å²) in [7, 11) is 3.15. The molecule has 0 aliphatic carbocycles. The first-order valence-corrected chi connectivity index (χ1v) is 9.55. The number of carbonyl (C=O) groups is 1. The Morgan fingerprint density at radius 2 is 1.90 bits per heavy atom. The highest BCUT2D eigenvalue weighted by atomic mass is 35.5. The molecule has 2 heterocycles. The highest BCUT2D eigenvalue weighted by Crippen LogP contribution is 2.33. The van der Waals surface area contributed by atoms with E-state index in [4.69, 9.17) is 33.3 Å². The second-order valence-electron chi connectivity index (χ2n) is 6.46. The number of hydrogen-bond donors (Lipinski definition) is 2. The standard InChI is InChI=1S/C20H17ClN4O3S/c1-27-16-6-3-10(7-17(16)28-2)14-9-15(23-20(29)22-14)18-19(26)12-8-11(21)4-5-13(12)24-25-18/h3-9,15,18H,1-2H3,(H2,22,23,29). The van der Waals surface area contributed by atoms with Crippen molar-refractivity contribution in [1.82, 2.24) is 10.6 Å². The summed E-state index contributed by atoms with van der Waals surface area (Å²) in [5, 5.41) is 15.5. The van der Waals surface area contributed by atoms with Crippen LogP contribution in [0.1, 0.15) is 15.9 Å². The second-order valence-corrected chi connectivity index (χ2v) is 7.31. The Morgan fingerprint density at radius 3 is 2.66 bits per heavy atom. The molecule has 0 aromatic heterocycles. The number of hydrogen-bond acceptors (Lipinski definition) is 6. The van der Waals surface area contributed by atoms with Crippen molar-refractivity contribution < 1.29 is 14.3 Å². The number of benzene rings is 2. The van der Waals surface area contributed by atoms with Crippen molar-refractivity contribution in [2.24, 2.45) is 10.2 Å². The van der Waals surface area contributed by atoms with E-state index in [0.717, 1.165) is 11.3 Å². The van der Waals surface area contributed by atoms with Gasteiger partial charge < -0.3 is 20.1 Å². The first-order chi connectivity index (χ1) is 14.0. The number of nitrogens with one attached hydrogen (secondary N) is 2. The van der Waals surface area contributed by atoms with Crippen LogP contribution in [0, 0.1) is 0 Å². The van der Waals surface area contributed by atoms with E-state index in [2.05, 4.69) is 20.9 Å². The molecule has 0 amide bonds. The molecule has 0 saturated carbocycles. The van der Waals surface area contributed by atoms with Crippen molar-refractivity contribution in [1.29, 1.82) is 0 Å². The molecule has 0 bridgehead atoms. The van der Waals surface area contributed by atoms with Gasteiger partial charge >= 0.3 is 0 Å². The number of Topliss-reactive ketones (excluding diaryl/α,β-unsaturated/α-hetero) is 1. The number of fused-ring (bicyclic) bond motifs is 1. The van der Waals surface area contributed by atoms with Gasteiger partial charge in [0.25, 0.3) is 0 Å². The molecule has 2 N–H and O–H groups in total. The molecule has 2 aromatic carbocycles. The van der Waals surface area contributed by atoms with Gasteiger partial charge in [-0.1, -0.05) is 11.6 Å². The number of methoxy groups -OCH3 is 2. The third kappa shape index (κ3) is 3.68. The van der Waals surface area contributed by atoms with Crippen LogP contribution in [0.4, 0.5) is 5.69 Å². The van der Waals surface area contributed by atoms with Crippen molar-refractivity contribution in [2.75, 3.05) is 14.2 Å². The van der Waals surface area contributed by atoms with Gasteiger partial charge in [0.15, 0.2) is 28.4 Å². The number of halogens is 1. The Bertz CT molecular complexity index is 1070. The van der Waals surface area contributed by atoms with E-state index in [0.29, 0.717) is 32.9 Å². The van der Waals surface area contributed by atoms with Crippen LogP contribution < -0.4 is 20.1 Å². The molecule has 2 unspecified atom stereocenters. The van der Waals surface area contributed by atoms with Crippen LogP contribution in [-0.2, 0) is 0 Å². The maximum Gasteiger partial charge on any atom is 0.193 e. The predicted molar refractivity (Wildman–Crippen MR) is 114 cm³/mol. The number of thiocarbonyl (C=S) groups is 1. The predicted octanol–water partition coefficient (Wildman–Crippen LogP) is 3.89. The van der Waals surface area contributed by atoms with E-state index >= 15 is 0 Å². The molecule has 7 nitrogen and oxygen atoms in total. The molecule has 0 fully saturated rings. The summed E-state index contributed by atoms with van der Waals surface area (Å²) in [4.78, 5) is 13.0. The molecule has 9 heteroatoms. The van der Waals surface area contributed by atoms with Gasteiger partial charge in [0.05, 0.1) is 25.9 Å². The van der Waals surface area contributed by atoms with Crippen molar-refractivity contribution in [3.63, 3.8) is 0 Å². The third-order valence-corrected chi connectivity index (χ3v) is 5.16. The first kappa shape index (κ1) is 19.4. The quantitative estimate of drug-likeness (QED) is 0.718. The lowest BCUT2D eigenvalue weighted by atomic mass is 9.94. The van der Waals surface area contributed by atoms with Gasteiger partial charge in [-0.15, -0.1) is 0 Å². The Labute approximate surface area is 177 Å². The lowest BCUT2D eigenvalue weighted by Crippen LogP contribution is -2.52. The van der Waals surface area contributed by atoms with E-state index < -0.39 is 12.1 Å². The minimum Gasteiger partial charge on any atom is -0.493 e. The van der Waals surface area contributed by atoms with Gasteiger partial charge in [0, 0.05) is 21.8 Å². The van der Waals surface area contributed by atoms with Crippen molar-refractivity contribution >= 4 is 46.1 Å². The molecule has 4 rings (SSSR count). The van der Waals surface area contributed by atoms with E-state index in [-0.39, 0.29) is 5.78 Å². The summed E-state index contributed by atoms with van der Waals surface area (Å²) < 4.78 is 10.7. The molecular weight excluding hydrogens is 412 g/mol. The van der Waals surface area contributed by atoms with E-state index in [1.807, 2.05) is 18.2 Å². The Kier molecular flexibility index (Phi) is 5.21. The number of ketones is 1. The van der Waals surface area contributed by atoms with Gasteiger partial charge in [0.1, 0.15) is 0 Å². The largest absolute Gasteiger partial charge is 0.493 e. The van der Waals surface area contributed by atoms with E-state index in [1.165, 1.54) is 0 Å². The molecule has 29 heavy (non-hydrogen) atoms. The smallest absolute Gasteiger partial charge is 0.193 e. The van der Waals surface area contributed by atoms with Crippen molar-refractivity contribution in [3.8, 4) is 11.5 Å². The number of ether oxygens (including phenoxy) is 2. The van der Waals surface area contributed by atoms with Crippen LogP contribution in [0.2, 0.25) is 5.02 Å². The number of carbonyl (C=O) groups excluding carboxylic acids is 1. The Morgan fingerprint density at radius 1 is 1.10 bits per heavy atom. The molecule has 2 aliphatic rings. The maximum atomic E-state index is 13.0. The van der Waals surface area contributed by atoms with Crippen LogP contribution >= 0.6 is 23.8 Å². The van der Waals surface area contributed by atoms with E-state index in [1.54, 1.807) is 38.5 Å². The first-order valence-electron chi connectivity index (χ1n) is 8.76. The van der Waals surface area contributed by atoms with Gasteiger partial charge in [-0.25, -0.2) is 0 Å². The average Bonchev–Trinajstić information content (AvgIpc) is 2.73. The number of azo groups is 1. The van der Waals surface area contributed by atoms with Crippen LogP contribution in [0.3, 0.4) is 0 Å². The molecule has 0 spiro atoms. The molecule has 0 saturated heterocycles. The normalized spacial score (nSPS) is 20.3. The lowest BCUT2D eigenvalue weighted by molar-refractivity contribution is 0.0947. The monoisotopic (exact) mass is 428 g/mol. The highest BCUT2D eigenvalue weighted by molar-refractivity contribution is 7.80. The van der Waals surface area contributed by atoms with Crippen molar-refractivity contribution in [2.45, 2.75) is 12.1 Å². The summed E-state index contributed by atoms with van der Waals surface area (Å²) in [6.07, 6.45) is 1.87. The minimum absolute atomic E-state index is 0.164. The summed E-state index contributed by atoms with van der Waals surface area (Å²) >= 11 is 11.4. The second kappa shape index (κ2) is 7.81.